The van der Waals surface area contributed by atoms with Crippen LogP contribution in [0.1, 0.15) is 60.7 Å². The summed E-state index contributed by atoms with van der Waals surface area (Å²) >= 11 is 5.18. The number of allylic oxidation sites excluding steroid dienone is 4. The van der Waals surface area contributed by atoms with Crippen LogP contribution in [0.2, 0.25) is 0 Å². The highest BCUT2D eigenvalue weighted by Gasteiger charge is 2.33. The van der Waals surface area contributed by atoms with Crippen molar-refractivity contribution in [1.29, 1.82) is 0 Å². The van der Waals surface area contributed by atoms with E-state index in [4.69, 9.17) is 12.2 Å². The Bertz CT molecular complexity index is 1110. The number of hydrogen-bond acceptors (Lipinski definition) is 3. The Morgan fingerprint density at radius 3 is 2.55 bits per heavy atom. The van der Waals surface area contributed by atoms with Crippen LogP contribution in [0.4, 0.5) is 13.2 Å². The van der Waals surface area contributed by atoms with E-state index in [0.29, 0.717) is 17.4 Å². The summed E-state index contributed by atoms with van der Waals surface area (Å²) in [4.78, 5) is 22.1. The van der Waals surface area contributed by atoms with Gasteiger partial charge in [-0.15, -0.1) is 0 Å². The molecule has 2 aromatic heterocycles. The van der Waals surface area contributed by atoms with E-state index < -0.39 is 11.9 Å². The number of halogens is 3. The Labute approximate surface area is 183 Å². The van der Waals surface area contributed by atoms with Crippen molar-refractivity contribution in [3.8, 4) is 0 Å². The minimum atomic E-state index is -4.52. The third kappa shape index (κ3) is 5.06. The molecule has 4 rings (SSSR count). The molecule has 2 aromatic rings. The lowest BCUT2D eigenvalue weighted by Gasteiger charge is -2.33. The van der Waals surface area contributed by atoms with E-state index in [1.54, 1.807) is 0 Å². The van der Waals surface area contributed by atoms with Gasteiger partial charge in [-0.05, 0) is 74.2 Å². The molecule has 1 unspecified atom stereocenters. The summed E-state index contributed by atoms with van der Waals surface area (Å²) in [5.74, 6) is 1.29. The highest BCUT2D eigenvalue weighted by Crippen LogP contribution is 2.41. The van der Waals surface area contributed by atoms with Gasteiger partial charge in [-0.2, -0.15) is 13.2 Å². The molecule has 4 nitrogen and oxygen atoms in total. The molecular weight excluding hydrogens is 423 g/mol. The van der Waals surface area contributed by atoms with E-state index in [9.17, 15) is 18.0 Å². The number of aromatic amines is 2. The summed E-state index contributed by atoms with van der Waals surface area (Å²) in [5, 5.41) is 0. The van der Waals surface area contributed by atoms with Crippen molar-refractivity contribution < 1.29 is 13.2 Å². The summed E-state index contributed by atoms with van der Waals surface area (Å²) in [6.07, 6.45) is 9.13. The second-order valence-electron chi connectivity index (χ2n) is 8.31. The largest absolute Gasteiger partial charge is 0.433 e. The standard InChI is InChI=1S/C23H24F3N3OS/c24-23(25,26)19-8-4-7-17(27-19)13-18-20(28-22(31)29-21(18)30)16-11-9-15(10-12-16)14-5-2-1-3-6-14/h1-5,7-8,14-16H,6,9-13H2,(H2,28,29,30,31)/t14?,15-,16-. The molecule has 2 aliphatic carbocycles. The smallest absolute Gasteiger partial charge is 0.335 e. The van der Waals surface area contributed by atoms with Gasteiger partial charge in [0, 0.05) is 23.4 Å². The van der Waals surface area contributed by atoms with Gasteiger partial charge in [0.25, 0.3) is 5.56 Å². The van der Waals surface area contributed by atoms with E-state index in [2.05, 4.69) is 39.3 Å². The quantitative estimate of drug-likeness (QED) is 0.579. The minimum Gasteiger partial charge on any atom is -0.335 e. The van der Waals surface area contributed by atoms with E-state index >= 15 is 0 Å². The van der Waals surface area contributed by atoms with Crippen molar-refractivity contribution in [1.82, 2.24) is 15.0 Å². The topological polar surface area (TPSA) is 61.5 Å². The molecule has 2 aliphatic rings. The lowest BCUT2D eigenvalue weighted by atomic mass is 9.72. The van der Waals surface area contributed by atoms with Gasteiger partial charge in [0.05, 0.1) is 0 Å². The second-order valence-corrected chi connectivity index (χ2v) is 8.72. The van der Waals surface area contributed by atoms with Gasteiger partial charge in [0.1, 0.15) is 5.69 Å². The van der Waals surface area contributed by atoms with E-state index in [1.165, 1.54) is 12.1 Å². The molecule has 1 saturated carbocycles. The Balaban J connectivity index is 1.57. The monoisotopic (exact) mass is 447 g/mol. The van der Waals surface area contributed by atoms with Crippen molar-refractivity contribution in [3.05, 3.63) is 80.3 Å². The molecule has 0 aromatic carbocycles. The van der Waals surface area contributed by atoms with Crippen LogP contribution < -0.4 is 5.56 Å². The first-order chi connectivity index (χ1) is 14.8. The average molecular weight is 448 g/mol. The van der Waals surface area contributed by atoms with E-state index in [1.807, 2.05) is 0 Å². The minimum absolute atomic E-state index is 0.0246. The van der Waals surface area contributed by atoms with E-state index in [-0.39, 0.29) is 28.4 Å². The normalized spacial score (nSPS) is 23.8. The molecule has 1 atom stereocenters. The zero-order valence-electron chi connectivity index (χ0n) is 16.9. The first kappa shape index (κ1) is 21.7. The van der Waals surface area contributed by atoms with Gasteiger partial charge >= 0.3 is 6.18 Å². The van der Waals surface area contributed by atoms with Crippen LogP contribution in [0.15, 0.2) is 47.3 Å². The fraction of sp³-hybridized carbons (Fsp3) is 0.435. The number of rotatable bonds is 4. The summed E-state index contributed by atoms with van der Waals surface area (Å²) < 4.78 is 39.4. The predicted molar refractivity (Wildman–Crippen MR) is 115 cm³/mol. The highest BCUT2D eigenvalue weighted by molar-refractivity contribution is 7.71. The first-order valence-corrected chi connectivity index (χ1v) is 10.9. The second kappa shape index (κ2) is 8.94. The lowest BCUT2D eigenvalue weighted by molar-refractivity contribution is -0.141. The molecule has 31 heavy (non-hydrogen) atoms. The molecule has 0 amide bonds. The van der Waals surface area contributed by atoms with Crippen LogP contribution in [0, 0.1) is 16.6 Å². The maximum Gasteiger partial charge on any atom is 0.433 e. The van der Waals surface area contributed by atoms with Gasteiger partial charge in [-0.1, -0.05) is 30.4 Å². The van der Waals surface area contributed by atoms with Crippen LogP contribution in [-0.4, -0.2) is 15.0 Å². The first-order valence-electron chi connectivity index (χ1n) is 10.5. The fourth-order valence-electron chi connectivity index (χ4n) is 4.76. The zero-order valence-corrected chi connectivity index (χ0v) is 17.7. The molecule has 2 heterocycles. The van der Waals surface area contributed by atoms with Gasteiger partial charge in [0.2, 0.25) is 0 Å². The van der Waals surface area contributed by atoms with Crippen LogP contribution >= 0.6 is 12.2 Å². The van der Waals surface area contributed by atoms with Crippen molar-refractivity contribution in [3.63, 3.8) is 0 Å². The molecule has 0 radical (unpaired) electrons. The highest BCUT2D eigenvalue weighted by atomic mass is 32.1. The van der Waals surface area contributed by atoms with Crippen molar-refractivity contribution in [2.75, 3.05) is 0 Å². The number of pyridine rings is 1. The molecule has 8 heteroatoms. The average Bonchev–Trinajstić information content (AvgIpc) is 2.76. The van der Waals surface area contributed by atoms with Gasteiger partial charge in [-0.3, -0.25) is 9.78 Å². The summed E-state index contributed by atoms with van der Waals surface area (Å²) in [7, 11) is 0. The summed E-state index contributed by atoms with van der Waals surface area (Å²) in [6.45, 7) is 0. The van der Waals surface area contributed by atoms with Crippen molar-refractivity contribution in [2.24, 2.45) is 11.8 Å². The summed E-state index contributed by atoms with van der Waals surface area (Å²) in [5.41, 5.74) is 0.0529. The zero-order chi connectivity index (χ0) is 22.0. The molecule has 2 N–H and O–H groups in total. The van der Waals surface area contributed by atoms with Crippen LogP contribution in [0.3, 0.4) is 0 Å². The molecular formula is C23H24F3N3OS. The number of alkyl halides is 3. The Kier molecular flexibility index (Phi) is 6.27. The lowest BCUT2D eigenvalue weighted by Crippen LogP contribution is -2.25. The Morgan fingerprint density at radius 2 is 1.87 bits per heavy atom. The van der Waals surface area contributed by atoms with Gasteiger partial charge in [0.15, 0.2) is 4.77 Å². The van der Waals surface area contributed by atoms with E-state index in [0.717, 1.165) is 43.9 Å². The molecule has 0 spiro atoms. The maximum absolute atomic E-state index is 13.0. The third-order valence-electron chi connectivity index (χ3n) is 6.33. The Morgan fingerprint density at radius 1 is 1.10 bits per heavy atom. The third-order valence-corrected chi connectivity index (χ3v) is 6.53. The Hall–Kier alpha value is -2.48. The molecule has 164 valence electrons. The van der Waals surface area contributed by atoms with Gasteiger partial charge in [-0.25, -0.2) is 4.98 Å². The maximum atomic E-state index is 13.0. The van der Waals surface area contributed by atoms with Crippen molar-refractivity contribution in [2.45, 2.75) is 50.6 Å². The number of H-pyrrole nitrogens is 2. The van der Waals surface area contributed by atoms with Crippen LogP contribution in [0.25, 0.3) is 0 Å². The number of nitrogens with zero attached hydrogens (tertiary/aromatic N) is 1. The number of hydrogen-bond donors (Lipinski definition) is 2. The van der Waals surface area contributed by atoms with Crippen LogP contribution in [0.5, 0.6) is 0 Å². The SMILES string of the molecule is O=c1[nH]c(=S)[nH]c([C@H]2CC[C@H](C3C=CC=CC3)CC2)c1Cc1cccc(C(F)(F)F)n1. The summed E-state index contributed by atoms with van der Waals surface area (Å²) in [6, 6.07) is 3.77. The van der Waals surface area contributed by atoms with Crippen LogP contribution in [-0.2, 0) is 12.6 Å². The fourth-order valence-corrected chi connectivity index (χ4v) is 4.96. The molecule has 0 aliphatic heterocycles. The van der Waals surface area contributed by atoms with Crippen molar-refractivity contribution >= 4 is 12.2 Å². The van der Waals surface area contributed by atoms with Gasteiger partial charge < -0.3 is 4.98 Å². The number of aromatic nitrogens is 3. The number of nitrogens with one attached hydrogen (secondary N) is 2. The molecule has 0 bridgehead atoms. The predicted octanol–water partition coefficient (Wildman–Crippen LogP) is 5.84. The molecule has 0 saturated heterocycles. The molecule has 1 fully saturated rings.